The summed E-state index contributed by atoms with van der Waals surface area (Å²) in [5.41, 5.74) is 12.0. The molecule has 0 saturated heterocycles. The number of thiophene rings is 1. The standard InChI is InChI=1S/C15H17BrN2S/c1-9-5-11(6-10(2)15(9)17)18-4-3-14-12(7-18)13(16)8-19-14/h5-6,8H,3-4,7,17H2,1-2H3. The Hall–Kier alpha value is -1.00. The van der Waals surface area contributed by atoms with Gasteiger partial charge in [-0.05, 0) is 65.0 Å². The van der Waals surface area contributed by atoms with Crippen LogP contribution in [-0.2, 0) is 13.0 Å². The summed E-state index contributed by atoms with van der Waals surface area (Å²) in [6.45, 7) is 6.24. The van der Waals surface area contributed by atoms with Crippen molar-refractivity contribution in [1.82, 2.24) is 0 Å². The van der Waals surface area contributed by atoms with Crippen LogP contribution in [0.5, 0.6) is 0 Å². The maximum Gasteiger partial charge on any atom is 0.0451 e. The second kappa shape index (κ2) is 4.84. The van der Waals surface area contributed by atoms with E-state index >= 15 is 0 Å². The van der Waals surface area contributed by atoms with E-state index in [1.165, 1.54) is 31.7 Å². The largest absolute Gasteiger partial charge is 0.398 e. The third-order valence-electron chi connectivity index (χ3n) is 3.83. The number of halogens is 1. The summed E-state index contributed by atoms with van der Waals surface area (Å²) in [7, 11) is 0. The predicted octanol–water partition coefficient (Wildman–Crippen LogP) is 4.27. The lowest BCUT2D eigenvalue weighted by Gasteiger charge is -2.30. The van der Waals surface area contributed by atoms with Crippen LogP contribution in [-0.4, -0.2) is 6.54 Å². The molecule has 0 atom stereocenters. The average Bonchev–Trinajstić information content (AvgIpc) is 2.77. The fourth-order valence-electron chi connectivity index (χ4n) is 2.63. The van der Waals surface area contributed by atoms with Gasteiger partial charge in [-0.3, -0.25) is 0 Å². The van der Waals surface area contributed by atoms with Gasteiger partial charge in [-0.2, -0.15) is 0 Å². The molecule has 3 rings (SSSR count). The zero-order chi connectivity index (χ0) is 13.6. The molecule has 1 aromatic heterocycles. The zero-order valence-electron chi connectivity index (χ0n) is 11.2. The number of aryl methyl sites for hydroxylation is 2. The first-order chi connectivity index (χ1) is 9.06. The highest BCUT2D eigenvalue weighted by molar-refractivity contribution is 9.10. The summed E-state index contributed by atoms with van der Waals surface area (Å²) in [6.07, 6.45) is 1.13. The van der Waals surface area contributed by atoms with Crippen molar-refractivity contribution < 1.29 is 0 Å². The number of anilines is 2. The van der Waals surface area contributed by atoms with Crippen LogP contribution in [0.3, 0.4) is 0 Å². The smallest absolute Gasteiger partial charge is 0.0451 e. The Morgan fingerprint density at radius 3 is 2.63 bits per heavy atom. The first-order valence-corrected chi connectivity index (χ1v) is 8.10. The molecule has 2 N–H and O–H groups in total. The zero-order valence-corrected chi connectivity index (χ0v) is 13.6. The summed E-state index contributed by atoms with van der Waals surface area (Å²) in [4.78, 5) is 3.96. The van der Waals surface area contributed by atoms with Crippen LogP contribution in [0.15, 0.2) is 22.0 Å². The topological polar surface area (TPSA) is 29.3 Å². The minimum absolute atomic E-state index is 0.915. The number of nitrogen functional groups attached to an aromatic ring is 1. The molecule has 0 amide bonds. The van der Waals surface area contributed by atoms with Crippen LogP contribution in [0.1, 0.15) is 21.6 Å². The number of nitrogens with zero attached hydrogens (tertiary/aromatic N) is 1. The van der Waals surface area contributed by atoms with E-state index in [0.717, 1.165) is 25.2 Å². The lowest BCUT2D eigenvalue weighted by atomic mass is 10.0. The molecule has 0 saturated carbocycles. The minimum atomic E-state index is 0.915. The van der Waals surface area contributed by atoms with E-state index in [9.17, 15) is 0 Å². The molecule has 0 fully saturated rings. The van der Waals surface area contributed by atoms with Crippen LogP contribution >= 0.6 is 27.3 Å². The molecular weight excluding hydrogens is 320 g/mol. The number of hydrogen-bond acceptors (Lipinski definition) is 3. The molecule has 2 nitrogen and oxygen atoms in total. The highest BCUT2D eigenvalue weighted by Gasteiger charge is 2.20. The SMILES string of the molecule is Cc1cc(N2CCc3scc(Br)c3C2)cc(C)c1N. The number of hydrogen-bond donors (Lipinski definition) is 1. The summed E-state index contributed by atoms with van der Waals surface area (Å²) in [5, 5.41) is 2.20. The lowest BCUT2D eigenvalue weighted by molar-refractivity contribution is 0.741. The molecule has 1 aromatic carbocycles. The molecule has 0 aliphatic carbocycles. The van der Waals surface area contributed by atoms with E-state index in [1.54, 1.807) is 0 Å². The van der Waals surface area contributed by atoms with Gasteiger partial charge in [-0.15, -0.1) is 11.3 Å². The third-order valence-corrected chi connectivity index (χ3v) is 5.93. The Labute approximate surface area is 126 Å². The van der Waals surface area contributed by atoms with Gasteiger partial charge in [0, 0.05) is 39.2 Å². The van der Waals surface area contributed by atoms with Crippen molar-refractivity contribution in [2.45, 2.75) is 26.8 Å². The van der Waals surface area contributed by atoms with Gasteiger partial charge in [-0.25, -0.2) is 0 Å². The monoisotopic (exact) mass is 336 g/mol. The molecule has 1 aliphatic heterocycles. The van der Waals surface area contributed by atoms with Crippen molar-refractivity contribution in [2.24, 2.45) is 0 Å². The Kier molecular flexibility index (Phi) is 3.31. The maximum atomic E-state index is 6.04. The van der Waals surface area contributed by atoms with Gasteiger partial charge in [0.2, 0.25) is 0 Å². The molecule has 0 bridgehead atoms. The number of nitrogens with two attached hydrogens (primary N) is 1. The fraction of sp³-hybridized carbons (Fsp3) is 0.333. The Bertz CT molecular complexity index is 610. The van der Waals surface area contributed by atoms with Crippen LogP contribution in [0.2, 0.25) is 0 Å². The van der Waals surface area contributed by atoms with Gasteiger partial charge in [0.1, 0.15) is 0 Å². The van der Waals surface area contributed by atoms with Crippen molar-refractivity contribution in [3.63, 3.8) is 0 Å². The van der Waals surface area contributed by atoms with Crippen molar-refractivity contribution in [3.05, 3.63) is 43.6 Å². The van der Waals surface area contributed by atoms with Gasteiger partial charge >= 0.3 is 0 Å². The van der Waals surface area contributed by atoms with Gasteiger partial charge < -0.3 is 10.6 Å². The Morgan fingerprint density at radius 1 is 1.26 bits per heavy atom. The maximum absolute atomic E-state index is 6.04. The van der Waals surface area contributed by atoms with Gasteiger partial charge in [0.05, 0.1) is 0 Å². The highest BCUT2D eigenvalue weighted by Crippen LogP contribution is 2.35. The number of fused-ring (bicyclic) bond motifs is 1. The van der Waals surface area contributed by atoms with Gasteiger partial charge in [0.15, 0.2) is 0 Å². The van der Waals surface area contributed by atoms with E-state index < -0.39 is 0 Å². The van der Waals surface area contributed by atoms with Crippen LogP contribution < -0.4 is 10.6 Å². The average molecular weight is 337 g/mol. The van der Waals surface area contributed by atoms with E-state index in [4.69, 9.17) is 5.73 Å². The quantitative estimate of drug-likeness (QED) is 0.788. The molecule has 2 aromatic rings. The molecule has 100 valence electrons. The Morgan fingerprint density at radius 2 is 1.95 bits per heavy atom. The molecule has 4 heteroatoms. The first-order valence-electron chi connectivity index (χ1n) is 6.42. The minimum Gasteiger partial charge on any atom is -0.398 e. The van der Waals surface area contributed by atoms with Crippen molar-refractivity contribution in [2.75, 3.05) is 17.2 Å². The lowest BCUT2D eigenvalue weighted by Crippen LogP contribution is -2.29. The van der Waals surface area contributed by atoms with Crippen molar-refractivity contribution in [3.8, 4) is 0 Å². The van der Waals surface area contributed by atoms with E-state index in [-0.39, 0.29) is 0 Å². The van der Waals surface area contributed by atoms with Gasteiger partial charge in [0.25, 0.3) is 0 Å². The molecule has 0 spiro atoms. The fourth-order valence-corrected chi connectivity index (χ4v) is 4.32. The van der Waals surface area contributed by atoms with E-state index in [2.05, 4.69) is 52.2 Å². The van der Waals surface area contributed by atoms with E-state index in [0.29, 0.717) is 0 Å². The number of rotatable bonds is 1. The van der Waals surface area contributed by atoms with Crippen LogP contribution in [0.4, 0.5) is 11.4 Å². The van der Waals surface area contributed by atoms with Crippen molar-refractivity contribution in [1.29, 1.82) is 0 Å². The summed E-state index contributed by atoms with van der Waals surface area (Å²) in [5.74, 6) is 0. The molecule has 2 heterocycles. The van der Waals surface area contributed by atoms with Gasteiger partial charge in [-0.1, -0.05) is 0 Å². The van der Waals surface area contributed by atoms with Crippen LogP contribution in [0, 0.1) is 13.8 Å². The molecule has 1 aliphatic rings. The molecule has 0 radical (unpaired) electrons. The Balaban J connectivity index is 1.95. The third kappa shape index (κ3) is 2.28. The second-order valence-electron chi connectivity index (χ2n) is 5.15. The molecule has 19 heavy (non-hydrogen) atoms. The summed E-state index contributed by atoms with van der Waals surface area (Å²) in [6, 6.07) is 4.40. The van der Waals surface area contributed by atoms with Crippen molar-refractivity contribution >= 4 is 38.6 Å². The predicted molar refractivity (Wildman–Crippen MR) is 87.1 cm³/mol. The normalized spacial score (nSPS) is 14.6. The summed E-state index contributed by atoms with van der Waals surface area (Å²) < 4.78 is 1.25. The molecular formula is C15H17BrN2S. The molecule has 0 unspecified atom stereocenters. The second-order valence-corrected chi connectivity index (χ2v) is 6.97. The van der Waals surface area contributed by atoms with E-state index in [1.807, 2.05) is 11.3 Å². The highest BCUT2D eigenvalue weighted by atomic mass is 79.9. The first kappa shape index (κ1) is 13.0. The summed E-state index contributed by atoms with van der Waals surface area (Å²) >= 11 is 5.52. The number of benzene rings is 1. The van der Waals surface area contributed by atoms with Crippen LogP contribution in [0.25, 0.3) is 0 Å².